The first kappa shape index (κ1) is 19.2. The summed E-state index contributed by atoms with van der Waals surface area (Å²) >= 11 is 9.83. The van der Waals surface area contributed by atoms with Gasteiger partial charge in [-0.2, -0.15) is 0 Å². The third-order valence-corrected chi connectivity index (χ3v) is 5.62. The van der Waals surface area contributed by atoms with Crippen LogP contribution < -0.4 is 4.74 Å². The number of rotatable bonds is 5. The summed E-state index contributed by atoms with van der Waals surface area (Å²) in [6.07, 6.45) is 1.28. The molecule has 3 rings (SSSR count). The third-order valence-electron chi connectivity index (χ3n) is 4.89. The van der Waals surface area contributed by atoms with Gasteiger partial charge in [-0.1, -0.05) is 39.7 Å². The number of piperidine rings is 1. The van der Waals surface area contributed by atoms with Gasteiger partial charge in [0.05, 0.1) is 19.1 Å². The van der Waals surface area contributed by atoms with Crippen LogP contribution >= 0.6 is 27.5 Å². The Labute approximate surface area is 166 Å². The predicted octanol–water partition coefficient (Wildman–Crippen LogP) is 5.00. The van der Waals surface area contributed by atoms with E-state index in [0.717, 1.165) is 21.3 Å². The molecule has 0 amide bonds. The summed E-state index contributed by atoms with van der Waals surface area (Å²) in [5.74, 6) is -0.195. The van der Waals surface area contributed by atoms with E-state index < -0.39 is 5.97 Å². The molecule has 2 aromatic carbocycles. The van der Waals surface area contributed by atoms with E-state index in [1.807, 2.05) is 30.3 Å². The lowest BCUT2D eigenvalue weighted by molar-refractivity contribution is -0.143. The predicted molar refractivity (Wildman–Crippen MR) is 106 cm³/mol. The zero-order valence-corrected chi connectivity index (χ0v) is 16.8. The van der Waals surface area contributed by atoms with Gasteiger partial charge in [0, 0.05) is 15.1 Å². The third kappa shape index (κ3) is 4.22. The number of benzene rings is 2. The van der Waals surface area contributed by atoms with Gasteiger partial charge in [0.15, 0.2) is 0 Å². The Morgan fingerprint density at radius 2 is 2.00 bits per heavy atom. The first-order valence-electron chi connectivity index (χ1n) is 8.55. The second-order valence-electron chi connectivity index (χ2n) is 6.49. The van der Waals surface area contributed by atoms with Crippen LogP contribution in [0.25, 0.3) is 0 Å². The molecule has 6 heteroatoms. The normalized spacial score (nSPS) is 17.0. The lowest BCUT2D eigenvalue weighted by atomic mass is 9.91. The van der Waals surface area contributed by atoms with Gasteiger partial charge in [-0.15, -0.1) is 0 Å². The maximum atomic E-state index is 11.3. The van der Waals surface area contributed by atoms with Crippen LogP contribution in [0.2, 0.25) is 5.02 Å². The minimum atomic E-state index is -0.705. The molecule has 1 aliphatic heterocycles. The Morgan fingerprint density at radius 3 is 2.62 bits per heavy atom. The minimum absolute atomic E-state index is 0.0455. The highest BCUT2D eigenvalue weighted by Crippen LogP contribution is 2.39. The standard InChI is InChI=1S/C20H21BrClNO3/c1-26-18-6-5-16(22)12-17(18)19(14-3-2-4-15(21)11-14)23-9-7-13(8-10-23)20(24)25/h2-6,11-13,19H,7-10H2,1H3,(H,24,25). The van der Waals surface area contributed by atoms with Crippen molar-refractivity contribution in [3.05, 3.63) is 63.1 Å². The van der Waals surface area contributed by atoms with Crippen molar-refractivity contribution in [2.24, 2.45) is 5.92 Å². The molecule has 26 heavy (non-hydrogen) atoms. The number of aliphatic carboxylic acids is 1. The van der Waals surface area contributed by atoms with Gasteiger partial charge in [0.1, 0.15) is 5.75 Å². The maximum absolute atomic E-state index is 11.3. The monoisotopic (exact) mass is 437 g/mol. The summed E-state index contributed by atoms with van der Waals surface area (Å²) in [6, 6.07) is 13.8. The van der Waals surface area contributed by atoms with E-state index in [9.17, 15) is 9.90 Å². The van der Waals surface area contributed by atoms with E-state index in [1.165, 1.54) is 0 Å². The van der Waals surface area contributed by atoms with Gasteiger partial charge in [-0.05, 0) is 61.8 Å². The van der Waals surface area contributed by atoms with Crippen LogP contribution in [0, 0.1) is 5.92 Å². The number of ether oxygens (including phenoxy) is 1. The van der Waals surface area contributed by atoms with Crippen molar-refractivity contribution in [1.82, 2.24) is 4.90 Å². The van der Waals surface area contributed by atoms with E-state index in [2.05, 4.69) is 33.0 Å². The van der Waals surface area contributed by atoms with E-state index in [4.69, 9.17) is 16.3 Å². The molecule has 138 valence electrons. The molecular formula is C20H21BrClNO3. The molecule has 2 aromatic rings. The number of likely N-dealkylation sites (tertiary alicyclic amines) is 1. The van der Waals surface area contributed by atoms with Crippen LogP contribution in [0.3, 0.4) is 0 Å². The second kappa shape index (κ2) is 8.42. The van der Waals surface area contributed by atoms with Crippen molar-refractivity contribution >= 4 is 33.5 Å². The second-order valence-corrected chi connectivity index (χ2v) is 7.84. The molecule has 1 N–H and O–H groups in total. The average Bonchev–Trinajstić information content (AvgIpc) is 2.63. The molecule has 0 aliphatic carbocycles. The summed E-state index contributed by atoms with van der Waals surface area (Å²) in [4.78, 5) is 13.6. The van der Waals surface area contributed by atoms with E-state index >= 15 is 0 Å². The van der Waals surface area contributed by atoms with Gasteiger partial charge in [0.2, 0.25) is 0 Å². The summed E-state index contributed by atoms with van der Waals surface area (Å²) in [6.45, 7) is 1.42. The number of carbonyl (C=O) groups is 1. The van der Waals surface area contributed by atoms with Crippen molar-refractivity contribution in [3.63, 3.8) is 0 Å². The highest BCUT2D eigenvalue weighted by molar-refractivity contribution is 9.10. The number of carboxylic acid groups (broad SMARTS) is 1. The number of halogens is 2. The molecule has 0 radical (unpaired) electrons. The summed E-state index contributed by atoms with van der Waals surface area (Å²) < 4.78 is 6.59. The number of hydrogen-bond donors (Lipinski definition) is 1. The molecule has 0 bridgehead atoms. The fraction of sp³-hybridized carbons (Fsp3) is 0.350. The topological polar surface area (TPSA) is 49.8 Å². The lowest BCUT2D eigenvalue weighted by Gasteiger charge is -2.37. The van der Waals surface area contributed by atoms with Crippen molar-refractivity contribution in [2.75, 3.05) is 20.2 Å². The summed E-state index contributed by atoms with van der Waals surface area (Å²) in [5.41, 5.74) is 2.11. The quantitative estimate of drug-likeness (QED) is 0.714. The number of carboxylic acids is 1. The average molecular weight is 439 g/mol. The van der Waals surface area contributed by atoms with Crippen molar-refractivity contribution in [1.29, 1.82) is 0 Å². The highest BCUT2D eigenvalue weighted by Gasteiger charge is 2.31. The van der Waals surface area contributed by atoms with Crippen LogP contribution in [0.1, 0.15) is 30.0 Å². The largest absolute Gasteiger partial charge is 0.496 e. The zero-order valence-electron chi connectivity index (χ0n) is 14.5. The van der Waals surface area contributed by atoms with Crippen LogP contribution in [-0.2, 0) is 4.79 Å². The van der Waals surface area contributed by atoms with Crippen LogP contribution in [0.5, 0.6) is 5.75 Å². The van der Waals surface area contributed by atoms with Gasteiger partial charge < -0.3 is 9.84 Å². The zero-order chi connectivity index (χ0) is 18.7. The Kier molecular flexibility index (Phi) is 6.22. The van der Waals surface area contributed by atoms with Crippen molar-refractivity contribution < 1.29 is 14.6 Å². The SMILES string of the molecule is COc1ccc(Cl)cc1C(c1cccc(Br)c1)N1CCC(C(=O)O)CC1. The Bertz CT molecular complexity index is 790. The molecule has 1 saturated heterocycles. The number of methoxy groups -OCH3 is 1. The van der Waals surface area contributed by atoms with Crippen LogP contribution in [-0.4, -0.2) is 36.2 Å². The molecule has 0 saturated carbocycles. The molecule has 1 aliphatic rings. The molecule has 4 nitrogen and oxygen atoms in total. The minimum Gasteiger partial charge on any atom is -0.496 e. The Hall–Kier alpha value is -1.56. The lowest BCUT2D eigenvalue weighted by Crippen LogP contribution is -2.39. The van der Waals surface area contributed by atoms with Gasteiger partial charge in [0.25, 0.3) is 0 Å². The number of nitrogens with zero attached hydrogens (tertiary/aromatic N) is 1. The van der Waals surface area contributed by atoms with Crippen LogP contribution in [0.4, 0.5) is 0 Å². The molecule has 1 unspecified atom stereocenters. The molecule has 1 heterocycles. The first-order valence-corrected chi connectivity index (χ1v) is 9.72. The fourth-order valence-electron chi connectivity index (χ4n) is 3.59. The molecule has 0 aromatic heterocycles. The van der Waals surface area contributed by atoms with Crippen molar-refractivity contribution in [3.8, 4) is 5.75 Å². The molecule has 0 spiro atoms. The van der Waals surface area contributed by atoms with Gasteiger partial charge in [-0.25, -0.2) is 0 Å². The van der Waals surface area contributed by atoms with Crippen LogP contribution in [0.15, 0.2) is 46.9 Å². The highest BCUT2D eigenvalue weighted by atomic mass is 79.9. The van der Waals surface area contributed by atoms with E-state index in [1.54, 1.807) is 7.11 Å². The van der Waals surface area contributed by atoms with Gasteiger partial charge in [-0.3, -0.25) is 9.69 Å². The Balaban J connectivity index is 2.01. The first-order chi connectivity index (χ1) is 12.5. The molecular weight excluding hydrogens is 418 g/mol. The summed E-state index contributed by atoms with van der Waals surface area (Å²) in [5, 5.41) is 9.94. The molecule has 1 fully saturated rings. The summed E-state index contributed by atoms with van der Waals surface area (Å²) in [7, 11) is 1.65. The van der Waals surface area contributed by atoms with Crippen molar-refractivity contribution in [2.45, 2.75) is 18.9 Å². The molecule has 1 atom stereocenters. The fourth-order valence-corrected chi connectivity index (χ4v) is 4.18. The van der Waals surface area contributed by atoms with Gasteiger partial charge >= 0.3 is 5.97 Å². The number of hydrogen-bond acceptors (Lipinski definition) is 3. The Morgan fingerprint density at radius 1 is 1.27 bits per heavy atom. The van der Waals surface area contributed by atoms with E-state index in [-0.39, 0.29) is 12.0 Å². The van der Waals surface area contributed by atoms with E-state index in [0.29, 0.717) is 31.0 Å². The smallest absolute Gasteiger partial charge is 0.306 e. The maximum Gasteiger partial charge on any atom is 0.306 e.